The number of aromatic nitrogens is 1. The number of nitrogens with zero attached hydrogens (tertiary/aromatic N) is 1. The van der Waals surface area contributed by atoms with Gasteiger partial charge in [-0.2, -0.15) is 0 Å². The zero-order valence-corrected chi connectivity index (χ0v) is 11.8. The lowest BCUT2D eigenvalue weighted by Gasteiger charge is -2.22. The summed E-state index contributed by atoms with van der Waals surface area (Å²) in [5, 5.41) is 3.53. The van der Waals surface area contributed by atoms with E-state index in [1.54, 1.807) is 0 Å². The number of hydrogen-bond acceptors (Lipinski definition) is 3. The molecule has 3 nitrogen and oxygen atoms in total. The normalized spacial score (nSPS) is 20.5. The molecule has 19 heavy (non-hydrogen) atoms. The Hall–Kier alpha value is -1.09. The summed E-state index contributed by atoms with van der Waals surface area (Å²) in [5.41, 5.74) is 2.39. The van der Waals surface area contributed by atoms with Crippen molar-refractivity contribution in [2.24, 2.45) is 0 Å². The van der Waals surface area contributed by atoms with Crippen molar-refractivity contribution in [2.75, 3.05) is 0 Å². The van der Waals surface area contributed by atoms with Crippen LogP contribution < -0.4 is 10.1 Å². The van der Waals surface area contributed by atoms with Crippen LogP contribution in [0.2, 0.25) is 0 Å². The van der Waals surface area contributed by atoms with Gasteiger partial charge in [-0.25, -0.2) is 4.98 Å². The highest BCUT2D eigenvalue weighted by Crippen LogP contribution is 2.23. The van der Waals surface area contributed by atoms with E-state index in [4.69, 9.17) is 4.74 Å². The lowest BCUT2D eigenvalue weighted by Crippen LogP contribution is -2.20. The summed E-state index contributed by atoms with van der Waals surface area (Å²) >= 11 is 0. The molecule has 1 aromatic heterocycles. The number of rotatable bonds is 5. The summed E-state index contributed by atoms with van der Waals surface area (Å²) in [5.74, 6) is 0.805. The van der Waals surface area contributed by atoms with Crippen molar-refractivity contribution in [3.05, 3.63) is 23.4 Å². The molecule has 0 unspecified atom stereocenters. The molecule has 0 aliphatic heterocycles. The van der Waals surface area contributed by atoms with Crippen LogP contribution in [0.1, 0.15) is 56.2 Å². The third-order valence-electron chi connectivity index (χ3n) is 4.17. The highest BCUT2D eigenvalue weighted by molar-refractivity contribution is 5.25. The van der Waals surface area contributed by atoms with Gasteiger partial charge in [0.15, 0.2) is 0 Å². The van der Waals surface area contributed by atoms with E-state index in [1.807, 2.05) is 6.07 Å². The van der Waals surface area contributed by atoms with Crippen molar-refractivity contribution in [2.45, 2.75) is 70.6 Å². The lowest BCUT2D eigenvalue weighted by molar-refractivity contribution is 0.148. The number of pyridine rings is 1. The minimum Gasteiger partial charge on any atom is -0.474 e. The summed E-state index contributed by atoms with van der Waals surface area (Å²) in [6.45, 7) is 3.02. The zero-order valence-electron chi connectivity index (χ0n) is 11.8. The highest BCUT2D eigenvalue weighted by atomic mass is 16.5. The first-order chi connectivity index (χ1) is 9.31. The maximum absolute atomic E-state index is 6.00. The molecule has 2 aliphatic rings. The molecule has 1 aromatic rings. The number of ether oxygens (including phenoxy) is 1. The van der Waals surface area contributed by atoms with Gasteiger partial charge in [0.05, 0.1) is 0 Å². The lowest BCUT2D eigenvalue weighted by atomic mass is 9.98. The summed E-state index contributed by atoms with van der Waals surface area (Å²) in [6.07, 6.45) is 9.37. The Kier molecular flexibility index (Phi) is 4.02. The van der Waals surface area contributed by atoms with Gasteiger partial charge in [0, 0.05) is 24.3 Å². The fourth-order valence-electron chi connectivity index (χ4n) is 2.71. The van der Waals surface area contributed by atoms with E-state index in [9.17, 15) is 0 Å². The van der Waals surface area contributed by atoms with E-state index in [2.05, 4.69) is 23.3 Å². The van der Waals surface area contributed by atoms with Crippen molar-refractivity contribution in [1.29, 1.82) is 0 Å². The third-order valence-corrected chi connectivity index (χ3v) is 4.17. The Balaban J connectivity index is 1.57. The van der Waals surface area contributed by atoms with Crippen LogP contribution in [0.25, 0.3) is 0 Å². The van der Waals surface area contributed by atoms with Crippen LogP contribution in [-0.4, -0.2) is 17.1 Å². The first-order valence-corrected chi connectivity index (χ1v) is 7.68. The second kappa shape index (κ2) is 5.91. The highest BCUT2D eigenvalue weighted by Gasteiger charge is 2.20. The van der Waals surface area contributed by atoms with Crippen LogP contribution in [0.4, 0.5) is 0 Å². The van der Waals surface area contributed by atoms with Gasteiger partial charge in [-0.15, -0.1) is 0 Å². The van der Waals surface area contributed by atoms with Crippen LogP contribution in [0.3, 0.4) is 0 Å². The van der Waals surface area contributed by atoms with Gasteiger partial charge in [0.2, 0.25) is 5.88 Å². The molecule has 3 heteroatoms. The Morgan fingerprint density at radius 1 is 1.16 bits per heavy atom. The van der Waals surface area contributed by atoms with Crippen molar-refractivity contribution < 1.29 is 4.74 Å². The van der Waals surface area contributed by atoms with Crippen molar-refractivity contribution in [3.63, 3.8) is 0 Å². The van der Waals surface area contributed by atoms with E-state index < -0.39 is 0 Å². The number of aryl methyl sites for hydroxylation is 1. The number of hydrogen-bond donors (Lipinski definition) is 1. The Bertz CT molecular complexity index is 423. The predicted octanol–water partition coefficient (Wildman–Crippen LogP) is 3.35. The van der Waals surface area contributed by atoms with Gasteiger partial charge in [-0.05, 0) is 51.0 Å². The van der Waals surface area contributed by atoms with Crippen molar-refractivity contribution in [3.8, 4) is 5.88 Å². The quantitative estimate of drug-likeness (QED) is 0.881. The largest absolute Gasteiger partial charge is 0.474 e. The van der Waals surface area contributed by atoms with E-state index in [0.717, 1.165) is 24.2 Å². The SMILES string of the molecule is Cc1nc(OC2CCCCC2)ccc1CNC1CC1. The van der Waals surface area contributed by atoms with E-state index in [-0.39, 0.29) is 0 Å². The van der Waals surface area contributed by atoms with Gasteiger partial charge in [0.25, 0.3) is 0 Å². The van der Waals surface area contributed by atoms with Gasteiger partial charge in [0.1, 0.15) is 6.10 Å². The predicted molar refractivity (Wildman–Crippen MR) is 76.3 cm³/mol. The van der Waals surface area contributed by atoms with Gasteiger partial charge in [-0.3, -0.25) is 0 Å². The molecule has 2 saturated carbocycles. The maximum atomic E-state index is 6.00. The third kappa shape index (κ3) is 3.69. The zero-order chi connectivity index (χ0) is 13.1. The molecule has 2 aliphatic carbocycles. The van der Waals surface area contributed by atoms with E-state index in [0.29, 0.717) is 6.10 Å². The first kappa shape index (κ1) is 12.9. The van der Waals surface area contributed by atoms with Crippen LogP contribution in [0.5, 0.6) is 5.88 Å². The second-order valence-electron chi connectivity index (χ2n) is 5.93. The van der Waals surface area contributed by atoms with E-state index >= 15 is 0 Å². The molecule has 0 aromatic carbocycles. The van der Waals surface area contributed by atoms with Gasteiger partial charge in [-0.1, -0.05) is 12.5 Å². The Labute approximate surface area is 115 Å². The van der Waals surface area contributed by atoms with Gasteiger partial charge >= 0.3 is 0 Å². The minimum atomic E-state index is 0.385. The molecule has 0 spiro atoms. The molecule has 3 rings (SSSR count). The Morgan fingerprint density at radius 3 is 2.63 bits per heavy atom. The van der Waals surface area contributed by atoms with E-state index in [1.165, 1.54) is 50.5 Å². The summed E-state index contributed by atoms with van der Waals surface area (Å²) < 4.78 is 6.00. The molecule has 0 radical (unpaired) electrons. The summed E-state index contributed by atoms with van der Waals surface area (Å²) in [6, 6.07) is 4.94. The molecule has 1 heterocycles. The fraction of sp³-hybridized carbons (Fsp3) is 0.688. The topological polar surface area (TPSA) is 34.1 Å². The molecule has 0 saturated heterocycles. The van der Waals surface area contributed by atoms with Crippen molar-refractivity contribution in [1.82, 2.24) is 10.3 Å². The maximum Gasteiger partial charge on any atom is 0.213 e. The molecular weight excluding hydrogens is 236 g/mol. The monoisotopic (exact) mass is 260 g/mol. The van der Waals surface area contributed by atoms with Crippen LogP contribution >= 0.6 is 0 Å². The first-order valence-electron chi connectivity index (χ1n) is 7.68. The molecule has 2 fully saturated rings. The second-order valence-corrected chi connectivity index (χ2v) is 5.93. The standard InChI is InChI=1S/C16H24N2O/c1-12-13(11-17-14-8-9-14)7-10-16(18-12)19-15-5-3-2-4-6-15/h7,10,14-15,17H,2-6,8-9,11H2,1H3. The van der Waals surface area contributed by atoms with Gasteiger partial charge < -0.3 is 10.1 Å². The molecule has 0 amide bonds. The molecule has 0 atom stereocenters. The van der Waals surface area contributed by atoms with Crippen LogP contribution in [-0.2, 0) is 6.54 Å². The molecule has 0 bridgehead atoms. The minimum absolute atomic E-state index is 0.385. The molecular formula is C16H24N2O. The molecule has 1 N–H and O–H groups in total. The molecule has 104 valence electrons. The van der Waals surface area contributed by atoms with Crippen LogP contribution in [0, 0.1) is 6.92 Å². The average Bonchev–Trinajstić information content (AvgIpc) is 3.23. The average molecular weight is 260 g/mol. The fourth-order valence-corrected chi connectivity index (χ4v) is 2.71. The van der Waals surface area contributed by atoms with Crippen molar-refractivity contribution >= 4 is 0 Å². The summed E-state index contributed by atoms with van der Waals surface area (Å²) in [4.78, 5) is 4.60. The summed E-state index contributed by atoms with van der Waals surface area (Å²) in [7, 11) is 0. The van der Waals surface area contributed by atoms with Crippen LogP contribution in [0.15, 0.2) is 12.1 Å². The number of nitrogens with one attached hydrogen (secondary N) is 1. The Morgan fingerprint density at radius 2 is 1.95 bits per heavy atom. The smallest absolute Gasteiger partial charge is 0.213 e.